The van der Waals surface area contributed by atoms with Crippen molar-refractivity contribution in [3.8, 4) is 0 Å². The number of carbonyl (C=O) groups excluding carboxylic acids is 3. The van der Waals surface area contributed by atoms with Gasteiger partial charge in [-0.1, -0.05) is 19.3 Å². The van der Waals surface area contributed by atoms with E-state index in [2.05, 4.69) is 26.6 Å². The van der Waals surface area contributed by atoms with Crippen molar-refractivity contribution in [3.63, 3.8) is 0 Å². The topological polar surface area (TPSA) is 84.5 Å². The van der Waals surface area contributed by atoms with Gasteiger partial charge >= 0.3 is 12.0 Å². The summed E-state index contributed by atoms with van der Waals surface area (Å²) < 4.78 is 18.3. The van der Waals surface area contributed by atoms with Crippen LogP contribution >= 0.6 is 15.9 Å². The van der Waals surface area contributed by atoms with Crippen molar-refractivity contribution < 1.29 is 23.5 Å². The molecule has 25 heavy (non-hydrogen) atoms. The lowest BCUT2D eigenvalue weighted by molar-refractivity contribution is -0.127. The monoisotopic (exact) mass is 414 g/mol. The van der Waals surface area contributed by atoms with Crippen molar-refractivity contribution in [3.05, 3.63) is 34.1 Å². The first-order chi connectivity index (χ1) is 11.9. The molecule has 1 aromatic carbocycles. The molecule has 0 unspecified atom stereocenters. The van der Waals surface area contributed by atoms with Crippen molar-refractivity contribution in [2.45, 2.75) is 51.2 Å². The Bertz CT molecular complexity index is 662. The van der Waals surface area contributed by atoms with E-state index in [0.717, 1.165) is 44.2 Å². The van der Waals surface area contributed by atoms with Gasteiger partial charge in [-0.05, 0) is 53.9 Å². The summed E-state index contributed by atoms with van der Waals surface area (Å²) in [5, 5.41) is 4.91. The summed E-state index contributed by atoms with van der Waals surface area (Å²) in [6.07, 6.45) is 3.89. The highest BCUT2D eigenvalue weighted by Gasteiger charge is 2.23. The smallest absolute Gasteiger partial charge is 0.340 e. The van der Waals surface area contributed by atoms with Crippen LogP contribution in [0.2, 0.25) is 0 Å². The Morgan fingerprint density at radius 1 is 1.24 bits per heavy atom. The molecule has 8 heteroatoms. The van der Waals surface area contributed by atoms with E-state index in [1.165, 1.54) is 13.0 Å². The van der Waals surface area contributed by atoms with Crippen LogP contribution in [-0.2, 0) is 9.53 Å². The molecular formula is C17H20BrFN2O4. The maximum Gasteiger partial charge on any atom is 0.340 e. The molecule has 1 aliphatic rings. The Balaban J connectivity index is 1.84. The van der Waals surface area contributed by atoms with Crippen LogP contribution in [0.3, 0.4) is 0 Å². The molecule has 0 heterocycles. The minimum absolute atomic E-state index is 0.0644. The number of imide groups is 1. The highest BCUT2D eigenvalue weighted by Crippen LogP contribution is 2.19. The number of ether oxygens (including phenoxy) is 1. The van der Waals surface area contributed by atoms with Crippen molar-refractivity contribution in [1.29, 1.82) is 0 Å². The number of hydrogen-bond donors (Lipinski definition) is 2. The predicted molar refractivity (Wildman–Crippen MR) is 92.5 cm³/mol. The number of hydrogen-bond acceptors (Lipinski definition) is 4. The van der Waals surface area contributed by atoms with E-state index in [1.807, 2.05) is 0 Å². The summed E-state index contributed by atoms with van der Waals surface area (Å²) in [5.74, 6) is -2.02. The third-order valence-corrected chi connectivity index (χ3v) is 4.64. The second-order valence-electron chi connectivity index (χ2n) is 5.97. The van der Waals surface area contributed by atoms with Gasteiger partial charge in [0.1, 0.15) is 5.82 Å². The zero-order valence-electron chi connectivity index (χ0n) is 13.8. The average molecular weight is 415 g/mol. The van der Waals surface area contributed by atoms with Gasteiger partial charge in [0, 0.05) is 10.5 Å². The summed E-state index contributed by atoms with van der Waals surface area (Å²) in [4.78, 5) is 35.9. The molecule has 1 fully saturated rings. The van der Waals surface area contributed by atoms with Gasteiger partial charge in [-0.3, -0.25) is 10.1 Å². The van der Waals surface area contributed by atoms with Crippen molar-refractivity contribution in [2.24, 2.45) is 0 Å². The Morgan fingerprint density at radius 3 is 2.56 bits per heavy atom. The predicted octanol–water partition coefficient (Wildman–Crippen LogP) is 3.29. The van der Waals surface area contributed by atoms with Crippen LogP contribution < -0.4 is 10.6 Å². The average Bonchev–Trinajstić information content (AvgIpc) is 2.55. The number of nitrogens with one attached hydrogen (secondary N) is 2. The SMILES string of the molecule is C[C@@H](OC(=O)c1ccc(F)cc1Br)C(=O)NC(=O)NC1CCCCC1. The van der Waals surface area contributed by atoms with Crippen LogP contribution in [0.4, 0.5) is 9.18 Å². The molecule has 0 aromatic heterocycles. The normalized spacial score (nSPS) is 16.0. The van der Waals surface area contributed by atoms with E-state index in [1.54, 1.807) is 0 Å². The molecule has 2 rings (SSSR count). The zero-order valence-corrected chi connectivity index (χ0v) is 15.4. The van der Waals surface area contributed by atoms with Crippen molar-refractivity contribution in [2.75, 3.05) is 0 Å². The molecule has 1 saturated carbocycles. The van der Waals surface area contributed by atoms with Crippen LogP contribution in [0.25, 0.3) is 0 Å². The van der Waals surface area contributed by atoms with Gasteiger partial charge in [0.05, 0.1) is 5.56 Å². The van der Waals surface area contributed by atoms with E-state index in [9.17, 15) is 18.8 Å². The fraction of sp³-hybridized carbons (Fsp3) is 0.471. The molecule has 136 valence electrons. The molecule has 3 amide bonds. The van der Waals surface area contributed by atoms with E-state index >= 15 is 0 Å². The van der Waals surface area contributed by atoms with E-state index in [0.29, 0.717) is 0 Å². The number of halogens is 2. The Hall–Kier alpha value is -1.96. The summed E-state index contributed by atoms with van der Waals surface area (Å²) in [7, 11) is 0. The summed E-state index contributed by atoms with van der Waals surface area (Å²) in [6, 6.07) is 2.96. The standard InChI is InChI=1S/C17H20BrFN2O4/c1-10(25-16(23)13-8-7-11(19)9-14(13)18)15(22)21-17(24)20-12-5-3-2-4-6-12/h7-10,12H,2-6H2,1H3,(H2,20,21,22,24)/t10-/m1/s1. The third kappa shape index (κ3) is 5.81. The maximum absolute atomic E-state index is 13.0. The van der Waals surface area contributed by atoms with Gasteiger partial charge in [0.15, 0.2) is 6.10 Å². The molecular weight excluding hydrogens is 395 g/mol. The number of benzene rings is 1. The summed E-state index contributed by atoms with van der Waals surface area (Å²) in [6.45, 7) is 1.36. The lowest BCUT2D eigenvalue weighted by Crippen LogP contribution is -2.48. The van der Waals surface area contributed by atoms with Crippen molar-refractivity contribution >= 4 is 33.8 Å². The summed E-state index contributed by atoms with van der Waals surface area (Å²) in [5.41, 5.74) is 0.0905. The van der Waals surface area contributed by atoms with Crippen LogP contribution in [0.1, 0.15) is 49.4 Å². The number of urea groups is 1. The molecule has 0 aliphatic heterocycles. The lowest BCUT2D eigenvalue weighted by atomic mass is 9.96. The maximum atomic E-state index is 13.0. The molecule has 0 radical (unpaired) electrons. The van der Waals surface area contributed by atoms with E-state index in [-0.39, 0.29) is 16.1 Å². The van der Waals surface area contributed by atoms with Crippen LogP contribution in [0.5, 0.6) is 0 Å². The number of carbonyl (C=O) groups is 3. The van der Waals surface area contributed by atoms with Gasteiger partial charge < -0.3 is 10.1 Å². The largest absolute Gasteiger partial charge is 0.449 e. The van der Waals surface area contributed by atoms with Crippen LogP contribution in [0, 0.1) is 5.82 Å². The molecule has 1 aromatic rings. The van der Waals surface area contributed by atoms with Gasteiger partial charge in [-0.2, -0.15) is 0 Å². The molecule has 6 nitrogen and oxygen atoms in total. The fourth-order valence-corrected chi connectivity index (χ4v) is 3.13. The Morgan fingerprint density at radius 2 is 1.92 bits per heavy atom. The fourth-order valence-electron chi connectivity index (χ4n) is 2.61. The first-order valence-electron chi connectivity index (χ1n) is 8.14. The third-order valence-electron chi connectivity index (χ3n) is 3.98. The summed E-state index contributed by atoms with van der Waals surface area (Å²) >= 11 is 3.06. The van der Waals surface area contributed by atoms with E-state index in [4.69, 9.17) is 4.74 Å². The quantitative estimate of drug-likeness (QED) is 0.740. The van der Waals surface area contributed by atoms with Gasteiger partial charge in [-0.25, -0.2) is 14.0 Å². The van der Waals surface area contributed by atoms with Gasteiger partial charge in [0.25, 0.3) is 5.91 Å². The molecule has 2 N–H and O–H groups in total. The minimum Gasteiger partial charge on any atom is -0.449 e. The number of amides is 3. The molecule has 1 atom stereocenters. The second kappa shape index (κ2) is 8.94. The Kier molecular flexibility index (Phi) is 6.92. The van der Waals surface area contributed by atoms with E-state index < -0.39 is 29.8 Å². The van der Waals surface area contributed by atoms with Crippen LogP contribution in [0.15, 0.2) is 22.7 Å². The molecule has 0 saturated heterocycles. The highest BCUT2D eigenvalue weighted by molar-refractivity contribution is 9.10. The van der Waals surface area contributed by atoms with Crippen LogP contribution in [-0.4, -0.2) is 30.1 Å². The minimum atomic E-state index is -1.17. The van der Waals surface area contributed by atoms with Gasteiger partial charge in [0.2, 0.25) is 0 Å². The second-order valence-corrected chi connectivity index (χ2v) is 6.82. The Labute approximate surface area is 153 Å². The molecule has 1 aliphatic carbocycles. The number of rotatable bonds is 4. The molecule has 0 bridgehead atoms. The molecule has 0 spiro atoms. The lowest BCUT2D eigenvalue weighted by Gasteiger charge is -2.23. The number of esters is 1. The van der Waals surface area contributed by atoms with Gasteiger partial charge in [-0.15, -0.1) is 0 Å². The highest BCUT2D eigenvalue weighted by atomic mass is 79.9. The first kappa shape index (κ1) is 19.4. The first-order valence-corrected chi connectivity index (χ1v) is 8.93. The zero-order chi connectivity index (χ0) is 18.4. The van der Waals surface area contributed by atoms with Crippen molar-refractivity contribution in [1.82, 2.24) is 10.6 Å².